The van der Waals surface area contributed by atoms with Crippen LogP contribution in [0.1, 0.15) is 106 Å². The third-order valence-electron chi connectivity index (χ3n) is 15.2. The highest BCUT2D eigenvalue weighted by molar-refractivity contribution is 5.77. The number of hydrogen-bond acceptors (Lipinski definition) is 8. The molecule has 0 unspecified atom stereocenters. The number of aliphatic carboxylic acids is 1. The van der Waals surface area contributed by atoms with Gasteiger partial charge in [0.15, 0.2) is 6.29 Å². The highest BCUT2D eigenvalue weighted by atomic mass is 16.7. The normalized spacial score (nSPS) is 53.6. The average Bonchev–Trinajstić information content (AvgIpc) is 2.94. The minimum atomic E-state index is -1.47. The standard InChI is InChI=1S/C36H58O9/c1-31(2)14-15-36(30(42)43)20(16-31)19-8-9-23-33(5)12-11-25(45-29-28(41)27(40)26(39)21(18-37)44-29)32(3,4)22(33)10-13-34(23,6)35(19,7)17-24(36)38/h8,20-29,37-41H,9-18H2,1-7H3,(H,42,43)/t20-,21+,22-,23+,24-,25-,26+,27-,28+,29-,33-,34+,35+,36+/m0/s1. The van der Waals surface area contributed by atoms with Crippen molar-refractivity contribution in [2.45, 2.75) is 149 Å². The molecule has 0 aromatic heterocycles. The van der Waals surface area contributed by atoms with Crippen LogP contribution in [0.3, 0.4) is 0 Å². The summed E-state index contributed by atoms with van der Waals surface area (Å²) in [5, 5.41) is 63.5. The summed E-state index contributed by atoms with van der Waals surface area (Å²) in [7, 11) is 0. The fourth-order valence-corrected chi connectivity index (χ4v) is 12.3. The first-order chi connectivity index (χ1) is 20.8. The zero-order valence-corrected chi connectivity index (χ0v) is 28.3. The Morgan fingerprint density at radius 1 is 0.889 bits per heavy atom. The molecule has 9 heteroatoms. The Balaban J connectivity index is 1.31. The maximum Gasteiger partial charge on any atom is 0.312 e. The second-order valence-electron chi connectivity index (χ2n) is 18.0. The van der Waals surface area contributed by atoms with Gasteiger partial charge in [0, 0.05) is 0 Å². The van der Waals surface area contributed by atoms with Crippen molar-refractivity contribution in [3.05, 3.63) is 11.6 Å². The van der Waals surface area contributed by atoms with E-state index in [4.69, 9.17) is 9.47 Å². The van der Waals surface area contributed by atoms with Crippen molar-refractivity contribution in [3.63, 3.8) is 0 Å². The molecule has 0 bridgehead atoms. The first kappa shape index (κ1) is 33.8. The summed E-state index contributed by atoms with van der Waals surface area (Å²) in [5.74, 6) is -0.382. The molecule has 1 heterocycles. The van der Waals surface area contributed by atoms with Crippen molar-refractivity contribution in [3.8, 4) is 0 Å². The Kier molecular flexibility index (Phi) is 8.05. The first-order valence-electron chi connectivity index (χ1n) is 17.4. The predicted molar refractivity (Wildman–Crippen MR) is 167 cm³/mol. The van der Waals surface area contributed by atoms with Gasteiger partial charge in [-0.05, 0) is 103 Å². The summed E-state index contributed by atoms with van der Waals surface area (Å²) in [4.78, 5) is 13.0. The van der Waals surface area contributed by atoms with Crippen LogP contribution in [0.2, 0.25) is 0 Å². The van der Waals surface area contributed by atoms with Gasteiger partial charge in [0.05, 0.1) is 18.8 Å². The van der Waals surface area contributed by atoms with E-state index in [-0.39, 0.29) is 39.1 Å². The largest absolute Gasteiger partial charge is 0.481 e. The molecule has 45 heavy (non-hydrogen) atoms. The fourth-order valence-electron chi connectivity index (χ4n) is 12.3. The van der Waals surface area contributed by atoms with E-state index < -0.39 is 54.8 Å². The molecule has 5 fully saturated rings. The van der Waals surface area contributed by atoms with E-state index in [2.05, 4.69) is 54.5 Å². The third kappa shape index (κ3) is 4.54. The lowest BCUT2D eigenvalue weighted by molar-refractivity contribution is -0.330. The number of fused-ring (bicyclic) bond motifs is 7. The minimum Gasteiger partial charge on any atom is -0.481 e. The molecule has 0 radical (unpaired) electrons. The van der Waals surface area contributed by atoms with Gasteiger partial charge >= 0.3 is 5.97 Å². The fraction of sp³-hybridized carbons (Fsp3) is 0.917. The Morgan fingerprint density at radius 2 is 1.58 bits per heavy atom. The van der Waals surface area contributed by atoms with Crippen molar-refractivity contribution in [2.24, 2.45) is 50.2 Å². The van der Waals surface area contributed by atoms with E-state index in [1.807, 2.05) is 0 Å². The lowest BCUT2D eigenvalue weighted by Crippen LogP contribution is -2.68. The summed E-state index contributed by atoms with van der Waals surface area (Å²) in [6.45, 7) is 15.6. The molecule has 0 aromatic rings. The number of carboxylic acids is 1. The molecular weight excluding hydrogens is 576 g/mol. The maximum atomic E-state index is 13.0. The van der Waals surface area contributed by atoms with Gasteiger partial charge in [0.25, 0.3) is 0 Å². The van der Waals surface area contributed by atoms with Crippen molar-refractivity contribution in [1.29, 1.82) is 0 Å². The smallest absolute Gasteiger partial charge is 0.312 e. The zero-order valence-electron chi connectivity index (χ0n) is 28.3. The minimum absolute atomic E-state index is 0.0210. The monoisotopic (exact) mass is 634 g/mol. The van der Waals surface area contributed by atoms with Gasteiger partial charge in [-0.1, -0.05) is 60.1 Å². The Bertz CT molecular complexity index is 1210. The van der Waals surface area contributed by atoms with Gasteiger partial charge in [-0.2, -0.15) is 0 Å². The lowest BCUT2D eigenvalue weighted by Gasteiger charge is -2.71. The van der Waals surface area contributed by atoms with E-state index in [0.717, 1.165) is 44.9 Å². The molecule has 5 aliphatic carbocycles. The van der Waals surface area contributed by atoms with Crippen LogP contribution < -0.4 is 0 Å². The summed E-state index contributed by atoms with van der Waals surface area (Å²) >= 11 is 0. The van der Waals surface area contributed by atoms with Gasteiger partial charge in [-0.25, -0.2) is 0 Å². The van der Waals surface area contributed by atoms with Crippen molar-refractivity contribution >= 4 is 5.97 Å². The number of allylic oxidation sites excluding steroid dienone is 2. The van der Waals surface area contributed by atoms with E-state index in [1.54, 1.807) is 0 Å². The van der Waals surface area contributed by atoms with Crippen molar-refractivity contribution in [1.82, 2.24) is 0 Å². The molecular formula is C36H58O9. The number of aliphatic hydroxyl groups excluding tert-OH is 5. The van der Waals surface area contributed by atoms with Gasteiger partial charge in [0.2, 0.25) is 0 Å². The van der Waals surface area contributed by atoms with E-state index >= 15 is 0 Å². The van der Waals surface area contributed by atoms with Crippen molar-refractivity contribution < 1.29 is 44.9 Å². The molecule has 256 valence electrons. The number of hydrogen-bond donors (Lipinski definition) is 6. The van der Waals surface area contributed by atoms with E-state index in [1.165, 1.54) is 5.57 Å². The van der Waals surface area contributed by atoms with Crippen LogP contribution in [0.5, 0.6) is 0 Å². The number of carboxylic acid groups (broad SMARTS) is 1. The summed E-state index contributed by atoms with van der Waals surface area (Å²) in [6, 6.07) is 0. The van der Waals surface area contributed by atoms with Gasteiger partial charge in [0.1, 0.15) is 29.8 Å². The van der Waals surface area contributed by atoms with E-state index in [0.29, 0.717) is 24.7 Å². The van der Waals surface area contributed by atoms with Gasteiger partial charge in [-0.15, -0.1) is 0 Å². The number of rotatable bonds is 4. The Morgan fingerprint density at radius 3 is 2.22 bits per heavy atom. The van der Waals surface area contributed by atoms with E-state index in [9.17, 15) is 35.4 Å². The van der Waals surface area contributed by atoms with Crippen molar-refractivity contribution in [2.75, 3.05) is 6.61 Å². The molecule has 6 rings (SSSR count). The summed E-state index contributed by atoms with van der Waals surface area (Å²) in [6.07, 6.45) is 1.79. The van der Waals surface area contributed by atoms with Crippen LogP contribution in [0, 0.1) is 50.2 Å². The quantitative estimate of drug-likeness (QED) is 0.199. The van der Waals surface area contributed by atoms with Crippen LogP contribution in [0.4, 0.5) is 0 Å². The SMILES string of the molecule is CC1(C)CC[C@]2(C(=O)O)[C@@H](O)C[C@]3(C)C(=CC[C@@H]4[C@@]5(C)CC[C@H](O[C@@H]6O[C@H](CO)[C@@H](O)[C@H](O)[C@H]6O)C(C)(C)[C@@H]5CC[C@]43C)[C@@H]2C1. The second-order valence-corrected chi connectivity index (χ2v) is 18.0. The average molecular weight is 635 g/mol. The molecule has 9 nitrogen and oxygen atoms in total. The van der Waals surface area contributed by atoms with Crippen LogP contribution in [-0.2, 0) is 14.3 Å². The molecule has 6 N–H and O–H groups in total. The summed E-state index contributed by atoms with van der Waals surface area (Å²) in [5.41, 5.74) is -0.571. The number of ether oxygens (including phenoxy) is 2. The molecule has 1 saturated heterocycles. The van der Waals surface area contributed by atoms with Crippen LogP contribution >= 0.6 is 0 Å². The van der Waals surface area contributed by atoms with Gasteiger partial charge in [-0.3, -0.25) is 4.79 Å². The molecule has 0 spiro atoms. The summed E-state index contributed by atoms with van der Waals surface area (Å²) < 4.78 is 12.2. The third-order valence-corrected chi connectivity index (χ3v) is 15.2. The molecule has 1 aliphatic heterocycles. The number of aliphatic hydroxyl groups is 5. The number of carbonyl (C=O) groups is 1. The molecule has 6 aliphatic rings. The predicted octanol–water partition coefficient (Wildman–Crippen LogP) is 4.03. The zero-order chi connectivity index (χ0) is 33.1. The Hall–Kier alpha value is -1.07. The molecule has 0 amide bonds. The highest BCUT2D eigenvalue weighted by Crippen LogP contribution is 2.76. The maximum absolute atomic E-state index is 13.0. The molecule has 14 atom stereocenters. The van der Waals surface area contributed by atoms with Gasteiger partial charge < -0.3 is 40.1 Å². The molecule has 0 aromatic carbocycles. The highest BCUT2D eigenvalue weighted by Gasteiger charge is 2.71. The second kappa shape index (κ2) is 10.7. The topological polar surface area (TPSA) is 157 Å². The van der Waals surface area contributed by atoms with Crippen LogP contribution in [-0.4, -0.2) is 86.1 Å². The Labute approximate surface area is 268 Å². The lowest BCUT2D eigenvalue weighted by atomic mass is 9.33. The van der Waals surface area contributed by atoms with Crippen LogP contribution in [0.25, 0.3) is 0 Å². The van der Waals surface area contributed by atoms with Crippen LogP contribution in [0.15, 0.2) is 11.6 Å². The molecule has 4 saturated carbocycles. The first-order valence-corrected chi connectivity index (χ1v) is 17.4.